The average Bonchev–Trinajstić information content (AvgIpc) is 2.74. The second-order valence-corrected chi connectivity index (χ2v) is 5.26. The summed E-state index contributed by atoms with van der Waals surface area (Å²) < 4.78 is 1.86. The van der Waals surface area contributed by atoms with E-state index in [4.69, 9.17) is 5.73 Å². The van der Waals surface area contributed by atoms with Crippen molar-refractivity contribution in [3.05, 3.63) is 29.7 Å². The molecular formula is C13H19N5. The molecule has 2 atom stereocenters. The first-order valence-corrected chi connectivity index (χ1v) is 6.41. The van der Waals surface area contributed by atoms with Crippen molar-refractivity contribution in [1.82, 2.24) is 19.5 Å². The van der Waals surface area contributed by atoms with Crippen molar-refractivity contribution in [1.29, 1.82) is 0 Å². The second-order valence-electron chi connectivity index (χ2n) is 5.26. The van der Waals surface area contributed by atoms with Gasteiger partial charge in [-0.25, -0.2) is 9.50 Å². The first-order chi connectivity index (χ1) is 8.65. The molecule has 1 saturated heterocycles. The molecule has 0 saturated carbocycles. The predicted molar refractivity (Wildman–Crippen MR) is 70.3 cm³/mol. The van der Waals surface area contributed by atoms with Gasteiger partial charge in [0.05, 0.1) is 6.20 Å². The molecule has 18 heavy (non-hydrogen) atoms. The molecule has 1 aliphatic heterocycles. The molecule has 2 N–H and O–H groups in total. The zero-order valence-electron chi connectivity index (χ0n) is 10.9. The topological polar surface area (TPSA) is 59.5 Å². The molecule has 0 spiro atoms. The van der Waals surface area contributed by atoms with Gasteiger partial charge in [0.2, 0.25) is 0 Å². The summed E-state index contributed by atoms with van der Waals surface area (Å²) in [6.07, 6.45) is 7.95. The molecule has 0 amide bonds. The van der Waals surface area contributed by atoms with Crippen molar-refractivity contribution in [2.45, 2.75) is 31.8 Å². The molecule has 1 aliphatic rings. The van der Waals surface area contributed by atoms with Crippen LogP contribution in [0, 0.1) is 6.92 Å². The summed E-state index contributed by atoms with van der Waals surface area (Å²) in [5.41, 5.74) is 9.31. The minimum absolute atomic E-state index is 0.293. The fourth-order valence-corrected chi connectivity index (χ4v) is 2.68. The van der Waals surface area contributed by atoms with Gasteiger partial charge >= 0.3 is 0 Å². The van der Waals surface area contributed by atoms with Gasteiger partial charge < -0.3 is 5.73 Å². The zero-order valence-corrected chi connectivity index (χ0v) is 10.9. The number of aromatic nitrogens is 3. The molecule has 3 heterocycles. The molecule has 2 aromatic heterocycles. The standard InChI is InChI=1S/C13H19N5/c1-9-6-16-18-8-10(7-15-13(9)18)12-5-11(14)3-4-17(12)2/h6-8,11-12H,3-5,14H2,1-2H3. The number of hydrogen-bond donors (Lipinski definition) is 1. The van der Waals surface area contributed by atoms with E-state index in [1.807, 2.05) is 23.8 Å². The maximum atomic E-state index is 6.07. The minimum Gasteiger partial charge on any atom is -0.328 e. The van der Waals surface area contributed by atoms with Gasteiger partial charge in [-0.15, -0.1) is 0 Å². The zero-order chi connectivity index (χ0) is 12.7. The highest BCUT2D eigenvalue weighted by molar-refractivity contribution is 5.45. The third-order valence-electron chi connectivity index (χ3n) is 3.85. The van der Waals surface area contributed by atoms with Gasteiger partial charge in [-0.3, -0.25) is 4.90 Å². The molecule has 0 aromatic carbocycles. The maximum Gasteiger partial charge on any atom is 0.157 e. The van der Waals surface area contributed by atoms with Crippen LogP contribution < -0.4 is 5.73 Å². The molecule has 2 aromatic rings. The SMILES string of the molecule is Cc1cnn2cc(C3CC(N)CCN3C)cnc12. The highest BCUT2D eigenvalue weighted by atomic mass is 15.2. The Morgan fingerprint density at radius 1 is 1.39 bits per heavy atom. The van der Waals surface area contributed by atoms with E-state index in [-0.39, 0.29) is 0 Å². The molecule has 0 aliphatic carbocycles. The van der Waals surface area contributed by atoms with Crippen LogP contribution in [0.4, 0.5) is 0 Å². The van der Waals surface area contributed by atoms with Gasteiger partial charge in [0, 0.05) is 35.6 Å². The van der Waals surface area contributed by atoms with Crippen LogP contribution in [-0.4, -0.2) is 39.1 Å². The molecule has 5 heteroatoms. The van der Waals surface area contributed by atoms with E-state index in [0.717, 1.165) is 30.6 Å². The Balaban J connectivity index is 1.97. The molecule has 0 bridgehead atoms. The van der Waals surface area contributed by atoms with Crippen molar-refractivity contribution >= 4 is 5.65 Å². The Hall–Kier alpha value is -1.46. The molecule has 96 valence electrons. The molecule has 2 unspecified atom stereocenters. The summed E-state index contributed by atoms with van der Waals surface area (Å²) in [6, 6.07) is 0.649. The van der Waals surface area contributed by atoms with E-state index < -0.39 is 0 Å². The molecule has 0 radical (unpaired) electrons. The lowest BCUT2D eigenvalue weighted by Crippen LogP contribution is -2.40. The fourth-order valence-electron chi connectivity index (χ4n) is 2.68. The van der Waals surface area contributed by atoms with E-state index >= 15 is 0 Å². The summed E-state index contributed by atoms with van der Waals surface area (Å²) in [7, 11) is 2.15. The molecule has 5 nitrogen and oxygen atoms in total. The van der Waals surface area contributed by atoms with Crippen molar-refractivity contribution < 1.29 is 0 Å². The first-order valence-electron chi connectivity index (χ1n) is 6.41. The Morgan fingerprint density at radius 3 is 3.06 bits per heavy atom. The Bertz CT molecular complexity index is 562. The number of rotatable bonds is 1. The summed E-state index contributed by atoms with van der Waals surface area (Å²) in [6.45, 7) is 3.07. The maximum absolute atomic E-state index is 6.07. The average molecular weight is 245 g/mol. The monoisotopic (exact) mass is 245 g/mol. The van der Waals surface area contributed by atoms with Crippen LogP contribution in [0.25, 0.3) is 5.65 Å². The number of aryl methyl sites for hydroxylation is 1. The second kappa shape index (κ2) is 4.33. The molecule has 1 fully saturated rings. The largest absolute Gasteiger partial charge is 0.328 e. The van der Waals surface area contributed by atoms with Gasteiger partial charge in [0.15, 0.2) is 5.65 Å². The quantitative estimate of drug-likeness (QED) is 0.818. The van der Waals surface area contributed by atoms with Crippen LogP contribution in [0.5, 0.6) is 0 Å². The van der Waals surface area contributed by atoms with Crippen LogP contribution in [0.15, 0.2) is 18.6 Å². The van der Waals surface area contributed by atoms with Crippen molar-refractivity contribution in [3.8, 4) is 0 Å². The normalized spacial score (nSPS) is 25.7. The molecular weight excluding hydrogens is 226 g/mol. The van der Waals surface area contributed by atoms with Crippen molar-refractivity contribution in [3.63, 3.8) is 0 Å². The Kier molecular flexibility index (Phi) is 2.80. The third kappa shape index (κ3) is 1.89. The number of fused-ring (bicyclic) bond motifs is 1. The lowest BCUT2D eigenvalue weighted by molar-refractivity contribution is 0.170. The fraction of sp³-hybridized carbons (Fsp3) is 0.538. The number of nitrogens with zero attached hydrogens (tertiary/aromatic N) is 4. The smallest absolute Gasteiger partial charge is 0.157 e. The Morgan fingerprint density at radius 2 is 2.22 bits per heavy atom. The highest BCUT2D eigenvalue weighted by Crippen LogP contribution is 2.28. The lowest BCUT2D eigenvalue weighted by Gasteiger charge is -2.35. The van der Waals surface area contributed by atoms with Crippen molar-refractivity contribution in [2.75, 3.05) is 13.6 Å². The summed E-state index contributed by atoms with van der Waals surface area (Å²) >= 11 is 0. The van der Waals surface area contributed by atoms with Gasteiger partial charge in [0.25, 0.3) is 0 Å². The van der Waals surface area contributed by atoms with Crippen LogP contribution in [0.1, 0.15) is 30.0 Å². The van der Waals surface area contributed by atoms with Crippen LogP contribution in [0.2, 0.25) is 0 Å². The summed E-state index contributed by atoms with van der Waals surface area (Å²) in [5, 5.41) is 4.32. The van der Waals surface area contributed by atoms with Gasteiger partial charge in [-0.05, 0) is 33.4 Å². The van der Waals surface area contributed by atoms with Crippen LogP contribution in [0.3, 0.4) is 0 Å². The highest BCUT2D eigenvalue weighted by Gasteiger charge is 2.25. The van der Waals surface area contributed by atoms with Gasteiger partial charge in [-0.2, -0.15) is 5.10 Å². The minimum atomic E-state index is 0.293. The van der Waals surface area contributed by atoms with Crippen LogP contribution >= 0.6 is 0 Å². The van der Waals surface area contributed by atoms with Crippen molar-refractivity contribution in [2.24, 2.45) is 5.73 Å². The van der Waals surface area contributed by atoms with E-state index in [0.29, 0.717) is 12.1 Å². The van der Waals surface area contributed by atoms with E-state index in [1.165, 1.54) is 5.56 Å². The van der Waals surface area contributed by atoms with Gasteiger partial charge in [-0.1, -0.05) is 0 Å². The first kappa shape index (κ1) is 11.6. The third-order valence-corrected chi connectivity index (χ3v) is 3.85. The number of piperidine rings is 1. The van der Waals surface area contributed by atoms with Gasteiger partial charge in [0.1, 0.15) is 0 Å². The molecule has 3 rings (SSSR count). The summed E-state index contributed by atoms with van der Waals surface area (Å²) in [4.78, 5) is 6.86. The predicted octanol–water partition coefficient (Wildman–Crippen LogP) is 1.13. The van der Waals surface area contributed by atoms with E-state index in [9.17, 15) is 0 Å². The summed E-state index contributed by atoms with van der Waals surface area (Å²) in [5.74, 6) is 0. The number of hydrogen-bond acceptors (Lipinski definition) is 4. The lowest BCUT2D eigenvalue weighted by atomic mass is 9.94. The Labute approximate surface area is 107 Å². The number of nitrogens with two attached hydrogens (primary N) is 1. The van der Waals surface area contributed by atoms with E-state index in [1.54, 1.807) is 0 Å². The van der Waals surface area contributed by atoms with Crippen LogP contribution in [-0.2, 0) is 0 Å². The number of likely N-dealkylation sites (tertiary alicyclic amines) is 1. The van der Waals surface area contributed by atoms with E-state index in [2.05, 4.69) is 28.2 Å².